The van der Waals surface area contributed by atoms with E-state index in [0.29, 0.717) is 38.6 Å². The zero-order chi connectivity index (χ0) is 26.9. The number of carbonyl (C=O) groups is 2. The van der Waals surface area contributed by atoms with Gasteiger partial charge in [0.1, 0.15) is 6.10 Å². The summed E-state index contributed by atoms with van der Waals surface area (Å²) in [5.74, 6) is -0.410. The number of aliphatic hydroxyl groups excluding tert-OH is 2. The largest absolute Gasteiger partial charge is 0.458 e. The Morgan fingerprint density at radius 1 is 1.05 bits per heavy atom. The van der Waals surface area contributed by atoms with Crippen molar-refractivity contribution in [2.24, 2.45) is 11.8 Å². The topological polar surface area (TPSA) is 95.9 Å². The lowest BCUT2D eigenvalue weighted by molar-refractivity contribution is -0.147. The van der Waals surface area contributed by atoms with E-state index >= 15 is 0 Å². The van der Waals surface area contributed by atoms with Gasteiger partial charge in [0.2, 0.25) is 5.91 Å². The summed E-state index contributed by atoms with van der Waals surface area (Å²) in [6.45, 7) is 4.67. The first-order valence-corrected chi connectivity index (χ1v) is 14.1. The first kappa shape index (κ1) is 30.8. The molecule has 2 rings (SSSR count). The second-order valence-corrected chi connectivity index (χ2v) is 10.1. The number of aliphatic hydroxyl groups is 2. The Kier molecular flexibility index (Phi) is 14.9. The lowest BCUT2D eigenvalue weighted by atomic mass is 9.89. The normalized spacial score (nSPS) is 22.5. The summed E-state index contributed by atoms with van der Waals surface area (Å²) in [4.78, 5) is 24.0. The van der Waals surface area contributed by atoms with Gasteiger partial charge < -0.3 is 20.3 Å². The molecule has 0 unspecified atom stereocenters. The van der Waals surface area contributed by atoms with Crippen LogP contribution in [0.15, 0.2) is 54.6 Å². The van der Waals surface area contributed by atoms with Gasteiger partial charge >= 0.3 is 5.97 Å². The molecule has 3 N–H and O–H groups in total. The predicted octanol–water partition coefficient (Wildman–Crippen LogP) is 5.28. The summed E-state index contributed by atoms with van der Waals surface area (Å²) in [5, 5.41) is 24.0. The van der Waals surface area contributed by atoms with Crippen molar-refractivity contribution in [1.29, 1.82) is 0 Å². The number of hydrogen-bond acceptors (Lipinski definition) is 5. The molecule has 0 bridgehead atoms. The third-order valence-corrected chi connectivity index (χ3v) is 7.01. The van der Waals surface area contributed by atoms with Gasteiger partial charge in [0.25, 0.3) is 0 Å². The van der Waals surface area contributed by atoms with Crippen LogP contribution in [0.25, 0.3) is 0 Å². The highest BCUT2D eigenvalue weighted by molar-refractivity contribution is 5.75. The van der Waals surface area contributed by atoms with Gasteiger partial charge in [0.15, 0.2) is 0 Å². The van der Waals surface area contributed by atoms with Crippen LogP contribution in [0.1, 0.15) is 83.6 Å². The van der Waals surface area contributed by atoms with Crippen LogP contribution < -0.4 is 5.32 Å². The number of amides is 1. The molecule has 1 aromatic rings. The molecule has 1 saturated carbocycles. The summed E-state index contributed by atoms with van der Waals surface area (Å²) in [6.07, 6.45) is 14.2. The summed E-state index contributed by atoms with van der Waals surface area (Å²) in [6, 6.07) is 10.1. The molecule has 6 heteroatoms. The molecule has 1 fully saturated rings. The van der Waals surface area contributed by atoms with E-state index in [1.165, 1.54) is 5.56 Å². The molecule has 0 aliphatic heterocycles. The van der Waals surface area contributed by atoms with Gasteiger partial charge in [-0.15, -0.1) is 0 Å². The maximum Gasteiger partial charge on any atom is 0.306 e. The van der Waals surface area contributed by atoms with E-state index < -0.39 is 12.2 Å². The lowest BCUT2D eigenvalue weighted by Crippen LogP contribution is -2.22. The zero-order valence-electron chi connectivity index (χ0n) is 22.7. The van der Waals surface area contributed by atoms with Crippen LogP contribution >= 0.6 is 0 Å². The van der Waals surface area contributed by atoms with E-state index in [1.54, 1.807) is 0 Å². The molecular weight excluding hydrogens is 466 g/mol. The fraction of sp³-hybridized carbons (Fsp3) is 0.613. The van der Waals surface area contributed by atoms with Crippen LogP contribution in [0.2, 0.25) is 0 Å². The molecule has 0 radical (unpaired) electrons. The van der Waals surface area contributed by atoms with Crippen molar-refractivity contribution in [3.63, 3.8) is 0 Å². The number of unbranched alkanes of at least 4 members (excludes halogenated alkanes) is 3. The highest BCUT2D eigenvalue weighted by Crippen LogP contribution is 2.36. The third kappa shape index (κ3) is 12.1. The lowest BCUT2D eigenvalue weighted by Gasteiger charge is -2.21. The van der Waals surface area contributed by atoms with Gasteiger partial charge in [-0.2, -0.15) is 0 Å². The number of aryl methyl sites for hydroxylation is 1. The van der Waals surface area contributed by atoms with Gasteiger partial charge in [-0.1, -0.05) is 68.3 Å². The minimum absolute atomic E-state index is 0.0725. The standard InChI is InChI=1S/C31H47NO5/c1-3-5-9-18-31(36)37-25(20-19-24-14-10-8-11-15-24)21-22-27-26(28(33)23-29(27)34)16-12-6-7-13-17-30(35)32-4-2/h6,8,10-12,14-15,21-22,25-29,33-34H,3-5,7,9,13,16-20,23H2,1-2H3,(H,32,35)/b12-6+,22-21+/t25-,26+,27+,28-,29+/m0/s1. The Morgan fingerprint density at radius 2 is 1.84 bits per heavy atom. The van der Waals surface area contributed by atoms with E-state index in [4.69, 9.17) is 4.74 Å². The van der Waals surface area contributed by atoms with Gasteiger partial charge in [-0.25, -0.2) is 0 Å². The van der Waals surface area contributed by atoms with Crippen molar-refractivity contribution in [2.45, 2.75) is 103 Å². The van der Waals surface area contributed by atoms with Gasteiger partial charge in [0.05, 0.1) is 12.2 Å². The van der Waals surface area contributed by atoms with E-state index in [9.17, 15) is 19.8 Å². The van der Waals surface area contributed by atoms with Crippen LogP contribution in [-0.4, -0.2) is 46.9 Å². The number of ether oxygens (including phenoxy) is 1. The quantitative estimate of drug-likeness (QED) is 0.150. The number of hydrogen-bond donors (Lipinski definition) is 3. The number of carbonyl (C=O) groups excluding carboxylic acids is 2. The highest BCUT2D eigenvalue weighted by atomic mass is 16.5. The van der Waals surface area contributed by atoms with Crippen LogP contribution in [0, 0.1) is 11.8 Å². The maximum atomic E-state index is 12.4. The number of rotatable bonds is 17. The van der Waals surface area contributed by atoms with Crippen molar-refractivity contribution in [2.75, 3.05) is 6.54 Å². The molecule has 37 heavy (non-hydrogen) atoms. The predicted molar refractivity (Wildman–Crippen MR) is 148 cm³/mol. The third-order valence-electron chi connectivity index (χ3n) is 7.01. The average molecular weight is 514 g/mol. The average Bonchev–Trinajstić information content (AvgIpc) is 3.15. The van der Waals surface area contributed by atoms with Crippen LogP contribution in [0.5, 0.6) is 0 Å². The zero-order valence-corrected chi connectivity index (χ0v) is 22.7. The monoisotopic (exact) mass is 513 g/mol. The molecule has 1 amide bonds. The van der Waals surface area contributed by atoms with Crippen molar-refractivity contribution >= 4 is 11.9 Å². The molecule has 5 atom stereocenters. The molecule has 0 spiro atoms. The molecule has 1 aromatic carbocycles. The summed E-state index contributed by atoms with van der Waals surface area (Å²) < 4.78 is 5.82. The number of nitrogens with one attached hydrogen (secondary N) is 1. The van der Waals surface area contributed by atoms with Gasteiger partial charge in [-0.3, -0.25) is 9.59 Å². The van der Waals surface area contributed by atoms with Crippen molar-refractivity contribution in [3.05, 3.63) is 60.2 Å². The van der Waals surface area contributed by atoms with E-state index in [-0.39, 0.29) is 29.8 Å². The van der Waals surface area contributed by atoms with E-state index in [2.05, 4.69) is 30.4 Å². The fourth-order valence-electron chi connectivity index (χ4n) is 4.89. The summed E-state index contributed by atoms with van der Waals surface area (Å²) in [7, 11) is 0. The number of esters is 1. The molecule has 0 heterocycles. The van der Waals surface area contributed by atoms with Crippen LogP contribution in [0.3, 0.4) is 0 Å². The Hall–Kier alpha value is -2.44. The minimum Gasteiger partial charge on any atom is -0.458 e. The Morgan fingerprint density at radius 3 is 2.57 bits per heavy atom. The molecule has 1 aliphatic rings. The molecule has 1 aliphatic carbocycles. The van der Waals surface area contributed by atoms with Gasteiger partial charge in [-0.05, 0) is 63.0 Å². The maximum absolute atomic E-state index is 12.4. The summed E-state index contributed by atoms with van der Waals surface area (Å²) in [5.41, 5.74) is 1.19. The van der Waals surface area contributed by atoms with E-state index in [1.807, 2.05) is 43.4 Å². The highest BCUT2D eigenvalue weighted by Gasteiger charge is 2.39. The Labute approximate surface area is 223 Å². The van der Waals surface area contributed by atoms with E-state index in [0.717, 1.165) is 38.5 Å². The SMILES string of the molecule is CCCCCC(=O)O[C@H](/C=C/[C@@H]1[C@@H](C/C=C/CCCC(=O)NCC)[C@@H](O)C[C@H]1O)CCc1ccccc1. The van der Waals surface area contributed by atoms with Crippen molar-refractivity contribution < 1.29 is 24.5 Å². The molecular formula is C31H47NO5. The second kappa shape index (κ2) is 17.9. The first-order chi connectivity index (χ1) is 17.9. The Bertz CT molecular complexity index is 837. The summed E-state index contributed by atoms with van der Waals surface area (Å²) >= 11 is 0. The molecule has 206 valence electrons. The van der Waals surface area contributed by atoms with Crippen molar-refractivity contribution in [1.82, 2.24) is 5.32 Å². The molecule has 6 nitrogen and oxygen atoms in total. The van der Waals surface area contributed by atoms with Crippen molar-refractivity contribution in [3.8, 4) is 0 Å². The van der Waals surface area contributed by atoms with Crippen LogP contribution in [0.4, 0.5) is 0 Å². The Balaban J connectivity index is 1.96. The molecule has 0 saturated heterocycles. The number of benzene rings is 1. The second-order valence-electron chi connectivity index (χ2n) is 10.1. The minimum atomic E-state index is -0.627. The van der Waals surface area contributed by atoms with Crippen LogP contribution in [-0.2, 0) is 20.7 Å². The van der Waals surface area contributed by atoms with Gasteiger partial charge in [0, 0.05) is 31.7 Å². The number of allylic oxidation sites excluding steroid dienone is 2. The smallest absolute Gasteiger partial charge is 0.306 e. The first-order valence-electron chi connectivity index (χ1n) is 14.1. The molecule has 0 aromatic heterocycles. The fourth-order valence-corrected chi connectivity index (χ4v) is 4.89.